The van der Waals surface area contributed by atoms with Crippen LogP contribution in [0.4, 0.5) is 4.79 Å². The Balaban J connectivity index is 0.00000756. The van der Waals surface area contributed by atoms with Crippen LogP contribution in [0.5, 0.6) is 0 Å². The van der Waals surface area contributed by atoms with Crippen molar-refractivity contribution >= 4 is 12.1 Å². The Morgan fingerprint density at radius 3 is 2.43 bits per heavy atom. The Kier molecular flexibility index (Phi) is 17.3. The van der Waals surface area contributed by atoms with Gasteiger partial charge in [0.05, 0.1) is 75.7 Å². The number of rotatable bonds is 10. The lowest BCUT2D eigenvalue weighted by molar-refractivity contribution is -0.937. The summed E-state index contributed by atoms with van der Waals surface area (Å²) in [6.07, 6.45) is 13.5. The smallest absolute Gasteiger partial charge is 0.410 e. The molecule has 10 atom stereocenters. The number of carbonyl (C=O) groups excluding carboxylic acids is 2. The fourth-order valence-electron chi connectivity index (χ4n) is 8.34. The van der Waals surface area contributed by atoms with Gasteiger partial charge in [0.25, 0.3) is 0 Å². The largest absolute Gasteiger partial charge is 1.00 e. The number of carbonyl (C=O) groups is 2. The van der Waals surface area contributed by atoms with Crippen molar-refractivity contribution in [3.8, 4) is 0 Å². The molecule has 4 aliphatic rings. The fourth-order valence-corrected chi connectivity index (χ4v) is 8.34. The average Bonchev–Trinajstić information content (AvgIpc) is 3.90. The van der Waals surface area contributed by atoms with Gasteiger partial charge in [0.2, 0.25) is 0 Å². The van der Waals surface area contributed by atoms with Gasteiger partial charge < -0.3 is 63.1 Å². The first-order valence-electron chi connectivity index (χ1n) is 19.9. The van der Waals surface area contributed by atoms with E-state index in [1.807, 2.05) is 33.8 Å². The number of halogens is 1. The molecule has 1 aliphatic carbocycles. The lowest BCUT2D eigenvalue weighted by Gasteiger charge is -2.47. The average molecular weight is 861 g/mol. The van der Waals surface area contributed by atoms with Gasteiger partial charge in [0, 0.05) is 18.3 Å². The monoisotopic (exact) mass is 860 g/mol. The third-order valence-electron chi connectivity index (χ3n) is 12.3. The molecule has 0 radical (unpaired) electrons. The zero-order valence-corrected chi connectivity index (χ0v) is 35.4. The molecule has 12 heteroatoms. The molecule has 0 aromatic rings. The molecule has 3 fully saturated rings. The van der Waals surface area contributed by atoms with Crippen LogP contribution in [0, 0.1) is 11.8 Å². The SMILES string of the molecule is CC[C@H](O)[C@@H](C)[C@H]1O[C@@H]1C[C@@](C)(O)/C=C/C=C(\C)[C@H]1OC(=O)C[C@H](O)CC[C@@](C)(O)[C@@H](OC(=O)N2CC[N+](C)(C3CCCCCC3)CC2)/C=C/[C@@H]1C.[I-]. The molecule has 4 N–H and O–H groups in total. The molecule has 0 unspecified atom stereocenters. The van der Waals surface area contributed by atoms with E-state index in [1.54, 1.807) is 43.1 Å². The lowest BCUT2D eigenvalue weighted by atomic mass is 9.88. The predicted molar refractivity (Wildman–Crippen MR) is 200 cm³/mol. The molecule has 0 aromatic heterocycles. The summed E-state index contributed by atoms with van der Waals surface area (Å²) in [5.74, 6) is -0.935. The van der Waals surface area contributed by atoms with Crippen molar-refractivity contribution in [1.82, 2.24) is 4.90 Å². The summed E-state index contributed by atoms with van der Waals surface area (Å²) in [7, 11) is 2.32. The molecule has 304 valence electrons. The van der Waals surface area contributed by atoms with E-state index in [1.165, 1.54) is 38.5 Å². The highest BCUT2D eigenvalue weighted by Crippen LogP contribution is 2.38. The van der Waals surface area contributed by atoms with Gasteiger partial charge in [-0.1, -0.05) is 57.9 Å². The molecule has 53 heavy (non-hydrogen) atoms. The molecule has 0 spiro atoms. The van der Waals surface area contributed by atoms with E-state index in [0.29, 0.717) is 37.5 Å². The van der Waals surface area contributed by atoms with Crippen LogP contribution in [0.1, 0.15) is 112 Å². The van der Waals surface area contributed by atoms with Gasteiger partial charge in [-0.25, -0.2) is 4.79 Å². The van der Waals surface area contributed by atoms with Gasteiger partial charge in [0.1, 0.15) is 11.7 Å². The van der Waals surface area contributed by atoms with E-state index >= 15 is 0 Å². The van der Waals surface area contributed by atoms with Crippen molar-refractivity contribution in [3.63, 3.8) is 0 Å². The minimum atomic E-state index is -1.48. The zero-order valence-electron chi connectivity index (χ0n) is 33.3. The number of hydrogen-bond acceptors (Lipinski definition) is 9. The van der Waals surface area contributed by atoms with Crippen molar-refractivity contribution in [2.24, 2.45) is 11.8 Å². The van der Waals surface area contributed by atoms with Crippen molar-refractivity contribution in [3.05, 3.63) is 36.0 Å². The summed E-state index contributed by atoms with van der Waals surface area (Å²) < 4.78 is 18.7. The normalized spacial score (nSPS) is 35.0. The number of likely N-dealkylation sites (N-methyl/N-ethyl adjacent to an activating group) is 1. The number of aliphatic hydroxyl groups is 4. The van der Waals surface area contributed by atoms with E-state index in [4.69, 9.17) is 14.2 Å². The number of aliphatic hydroxyl groups excluding tert-OH is 2. The molecule has 3 heterocycles. The Hall–Kier alpha value is -1.55. The van der Waals surface area contributed by atoms with E-state index in [9.17, 15) is 30.0 Å². The van der Waals surface area contributed by atoms with Crippen LogP contribution < -0.4 is 24.0 Å². The summed E-state index contributed by atoms with van der Waals surface area (Å²) in [5.41, 5.74) is -1.93. The highest BCUT2D eigenvalue weighted by atomic mass is 127. The molecule has 1 saturated carbocycles. The van der Waals surface area contributed by atoms with Crippen LogP contribution in [0.3, 0.4) is 0 Å². The molecule has 11 nitrogen and oxygen atoms in total. The number of cyclic esters (lactones) is 1. The van der Waals surface area contributed by atoms with E-state index in [0.717, 1.165) is 17.6 Å². The summed E-state index contributed by atoms with van der Waals surface area (Å²) in [4.78, 5) is 28.3. The first-order chi connectivity index (χ1) is 24.4. The second-order valence-electron chi connectivity index (χ2n) is 17.1. The summed E-state index contributed by atoms with van der Waals surface area (Å²) in [6.45, 7) is 13.9. The quantitative estimate of drug-likeness (QED) is 0.0494. The lowest BCUT2D eigenvalue weighted by Crippen LogP contribution is -3.00. The highest BCUT2D eigenvalue weighted by Gasteiger charge is 2.47. The van der Waals surface area contributed by atoms with E-state index in [-0.39, 0.29) is 67.3 Å². The third-order valence-corrected chi connectivity index (χ3v) is 12.3. The number of quaternary nitrogens is 1. The molecular formula is C41H69IN2O9. The van der Waals surface area contributed by atoms with Gasteiger partial charge in [-0.2, -0.15) is 0 Å². The summed E-state index contributed by atoms with van der Waals surface area (Å²) >= 11 is 0. The van der Waals surface area contributed by atoms with Crippen molar-refractivity contribution in [2.45, 2.75) is 166 Å². The number of epoxide rings is 1. The van der Waals surface area contributed by atoms with Crippen molar-refractivity contribution in [1.29, 1.82) is 0 Å². The number of nitrogens with zero attached hydrogens (tertiary/aromatic N) is 2. The maximum absolute atomic E-state index is 13.6. The number of allylic oxidation sites excluding steroid dienone is 2. The Bertz CT molecular complexity index is 1270. The minimum absolute atomic E-state index is 0. The standard InChI is InChI=1S/C41H69N2O9.HI/c1-8-33(45)30(4)38-34(50-38)27-40(5,48)20-13-14-28(2)37-29(3)17-18-35(41(6,49)21-19-32(44)26-36(46)52-37)51-39(47)42-22-24-43(7,25-23-42)31-15-11-9-10-12-16-31;/h13-14,17-18,20,29-35,37-38,44-45,48-49H,8-12,15-16,19,21-27H2,1-7H3;1H/q+1;/p-1/b18-17+,20-13+,28-14+;/t29-,30+,32+,33-,34+,35-,37+,38+,40-,41+;/m0./s1. The summed E-state index contributed by atoms with van der Waals surface area (Å²) in [5, 5.41) is 43.5. The van der Waals surface area contributed by atoms with Gasteiger partial charge in [-0.3, -0.25) is 9.69 Å². The van der Waals surface area contributed by atoms with Crippen molar-refractivity contribution < 1.29 is 72.7 Å². The van der Waals surface area contributed by atoms with Crippen LogP contribution >= 0.6 is 0 Å². The van der Waals surface area contributed by atoms with Crippen LogP contribution in [-0.4, -0.2) is 129 Å². The van der Waals surface area contributed by atoms with E-state index in [2.05, 4.69) is 7.05 Å². The fraction of sp³-hybridized carbons (Fsp3) is 0.805. The molecule has 3 aliphatic heterocycles. The first-order valence-corrected chi connectivity index (χ1v) is 19.9. The highest BCUT2D eigenvalue weighted by molar-refractivity contribution is 5.70. The van der Waals surface area contributed by atoms with Crippen molar-refractivity contribution in [2.75, 3.05) is 33.2 Å². The van der Waals surface area contributed by atoms with Gasteiger partial charge >= 0.3 is 12.1 Å². The van der Waals surface area contributed by atoms with Gasteiger partial charge in [0.15, 0.2) is 6.10 Å². The molecule has 1 amide bonds. The zero-order chi connectivity index (χ0) is 38.3. The topological polar surface area (TPSA) is 149 Å². The molecule has 0 bridgehead atoms. The molecule has 4 rings (SSSR count). The molecule has 0 aromatic carbocycles. The number of esters is 1. The molecular weight excluding hydrogens is 791 g/mol. The second-order valence-corrected chi connectivity index (χ2v) is 17.1. The van der Waals surface area contributed by atoms with E-state index < -0.39 is 47.7 Å². The van der Waals surface area contributed by atoms with Crippen LogP contribution in [0.2, 0.25) is 0 Å². The second kappa shape index (κ2) is 20.0. The van der Waals surface area contributed by atoms with Crippen LogP contribution in [0.25, 0.3) is 0 Å². The minimum Gasteiger partial charge on any atom is -1.00 e. The number of piperazine rings is 1. The Labute approximate surface area is 335 Å². The first kappa shape index (κ1) is 45.8. The Morgan fingerprint density at radius 1 is 1.17 bits per heavy atom. The third kappa shape index (κ3) is 13.3. The van der Waals surface area contributed by atoms with Crippen LogP contribution in [0.15, 0.2) is 36.0 Å². The maximum atomic E-state index is 13.6. The van der Waals surface area contributed by atoms with Gasteiger partial charge in [-0.05, 0) is 77.4 Å². The predicted octanol–water partition coefficient (Wildman–Crippen LogP) is 2.20. The number of hydrogen-bond donors (Lipinski definition) is 4. The molecule has 2 saturated heterocycles. The number of ether oxygens (including phenoxy) is 3. The maximum Gasteiger partial charge on any atom is 0.410 e. The number of amides is 1. The van der Waals surface area contributed by atoms with Crippen LogP contribution in [-0.2, 0) is 19.0 Å². The summed E-state index contributed by atoms with van der Waals surface area (Å²) in [6, 6.07) is 0.631. The van der Waals surface area contributed by atoms with Gasteiger partial charge in [-0.15, -0.1) is 0 Å². The Morgan fingerprint density at radius 2 is 1.81 bits per heavy atom.